The van der Waals surface area contributed by atoms with Crippen LogP contribution in [0.5, 0.6) is 17.2 Å². The number of carbonyl (C=O) groups excluding carboxylic acids is 1. The normalized spacial score (nSPS) is 11.0. The predicted octanol–water partition coefficient (Wildman–Crippen LogP) is 4.09. The highest BCUT2D eigenvalue weighted by molar-refractivity contribution is 6.07. The zero-order chi connectivity index (χ0) is 17.8. The molecule has 25 heavy (non-hydrogen) atoms. The Labute approximate surface area is 145 Å². The lowest BCUT2D eigenvalue weighted by Gasteiger charge is -2.13. The van der Waals surface area contributed by atoms with Gasteiger partial charge in [-0.1, -0.05) is 12.1 Å². The van der Waals surface area contributed by atoms with Crippen LogP contribution in [0.3, 0.4) is 0 Å². The molecule has 0 aliphatic heterocycles. The highest BCUT2D eigenvalue weighted by Gasteiger charge is 2.15. The lowest BCUT2D eigenvalue weighted by molar-refractivity contribution is 0.104. The molecular formula is C20H19NO4. The summed E-state index contributed by atoms with van der Waals surface area (Å²) in [5, 5.41) is 1.10. The summed E-state index contributed by atoms with van der Waals surface area (Å²) in [6, 6.07) is 11.2. The molecule has 0 atom stereocenters. The number of aromatic amines is 1. The Morgan fingerprint density at radius 3 is 2.32 bits per heavy atom. The third-order valence-corrected chi connectivity index (χ3v) is 3.95. The molecule has 5 nitrogen and oxygen atoms in total. The quantitative estimate of drug-likeness (QED) is 0.544. The van der Waals surface area contributed by atoms with Crippen LogP contribution < -0.4 is 14.2 Å². The number of ketones is 1. The third-order valence-electron chi connectivity index (χ3n) is 3.95. The molecule has 0 amide bonds. The number of hydrogen-bond donors (Lipinski definition) is 1. The van der Waals surface area contributed by atoms with Crippen molar-refractivity contribution in [1.29, 1.82) is 0 Å². The molecular weight excluding hydrogens is 318 g/mol. The standard InChI is InChI=1S/C20H19NO4/c1-23-18-11-15(12-19(24-2)20(18)25-3)17(22)7-5-13-4-6-16-14(10-13)8-9-21-16/h4-12,21H,1-3H3/b7-5+. The Bertz CT molecular complexity index is 915. The third kappa shape index (κ3) is 3.35. The van der Waals surface area contributed by atoms with Gasteiger partial charge in [-0.05, 0) is 47.4 Å². The Morgan fingerprint density at radius 1 is 0.960 bits per heavy atom. The van der Waals surface area contributed by atoms with Gasteiger partial charge in [-0.2, -0.15) is 0 Å². The average Bonchev–Trinajstić information content (AvgIpc) is 3.12. The maximum Gasteiger partial charge on any atom is 0.203 e. The second-order valence-corrected chi connectivity index (χ2v) is 5.44. The van der Waals surface area contributed by atoms with Gasteiger partial charge in [0.2, 0.25) is 5.75 Å². The second-order valence-electron chi connectivity index (χ2n) is 5.44. The minimum absolute atomic E-state index is 0.145. The van der Waals surface area contributed by atoms with Gasteiger partial charge >= 0.3 is 0 Å². The molecule has 128 valence electrons. The summed E-state index contributed by atoms with van der Waals surface area (Å²) in [6.07, 6.45) is 5.21. The first-order valence-corrected chi connectivity index (χ1v) is 7.76. The van der Waals surface area contributed by atoms with Crippen LogP contribution in [0.4, 0.5) is 0 Å². The lowest BCUT2D eigenvalue weighted by Crippen LogP contribution is -2.00. The highest BCUT2D eigenvalue weighted by Crippen LogP contribution is 2.38. The van der Waals surface area contributed by atoms with Crippen LogP contribution in [0.15, 0.2) is 48.7 Å². The van der Waals surface area contributed by atoms with Crippen LogP contribution in [0.2, 0.25) is 0 Å². The maximum atomic E-state index is 12.5. The first-order chi connectivity index (χ1) is 12.2. The molecule has 3 aromatic rings. The van der Waals surface area contributed by atoms with Crippen molar-refractivity contribution < 1.29 is 19.0 Å². The second kappa shape index (κ2) is 7.13. The van der Waals surface area contributed by atoms with Gasteiger partial charge in [0, 0.05) is 17.3 Å². The van der Waals surface area contributed by atoms with Crippen molar-refractivity contribution in [3.63, 3.8) is 0 Å². The van der Waals surface area contributed by atoms with E-state index in [1.54, 1.807) is 18.2 Å². The van der Waals surface area contributed by atoms with Gasteiger partial charge in [-0.15, -0.1) is 0 Å². The molecule has 0 bridgehead atoms. The van der Waals surface area contributed by atoms with Gasteiger partial charge in [0.05, 0.1) is 21.3 Å². The zero-order valence-electron chi connectivity index (χ0n) is 14.3. The number of rotatable bonds is 6. The summed E-state index contributed by atoms with van der Waals surface area (Å²) >= 11 is 0. The summed E-state index contributed by atoms with van der Waals surface area (Å²) in [6.45, 7) is 0. The smallest absolute Gasteiger partial charge is 0.203 e. The molecule has 0 radical (unpaired) electrons. The van der Waals surface area contributed by atoms with Crippen molar-refractivity contribution in [3.05, 3.63) is 59.8 Å². The maximum absolute atomic E-state index is 12.5. The number of methoxy groups -OCH3 is 3. The van der Waals surface area contributed by atoms with Crippen molar-refractivity contribution in [2.75, 3.05) is 21.3 Å². The summed E-state index contributed by atoms with van der Waals surface area (Å²) in [4.78, 5) is 15.7. The fourth-order valence-corrected chi connectivity index (χ4v) is 2.67. The Balaban J connectivity index is 1.89. The number of fused-ring (bicyclic) bond motifs is 1. The zero-order valence-corrected chi connectivity index (χ0v) is 14.3. The molecule has 1 N–H and O–H groups in total. The predicted molar refractivity (Wildman–Crippen MR) is 97.8 cm³/mol. The molecule has 1 aromatic heterocycles. The number of hydrogen-bond acceptors (Lipinski definition) is 4. The SMILES string of the molecule is COc1cc(C(=O)/C=C/c2ccc3[nH]ccc3c2)cc(OC)c1OC. The monoisotopic (exact) mass is 337 g/mol. The van der Waals surface area contributed by atoms with Crippen LogP contribution in [0.1, 0.15) is 15.9 Å². The molecule has 0 saturated heterocycles. The lowest BCUT2D eigenvalue weighted by atomic mass is 10.1. The van der Waals surface area contributed by atoms with Crippen molar-refractivity contribution in [2.45, 2.75) is 0 Å². The van der Waals surface area contributed by atoms with E-state index in [1.165, 1.54) is 27.4 Å². The van der Waals surface area contributed by atoms with Crippen LogP contribution in [-0.4, -0.2) is 32.1 Å². The number of benzene rings is 2. The molecule has 1 heterocycles. The van der Waals surface area contributed by atoms with E-state index >= 15 is 0 Å². The highest BCUT2D eigenvalue weighted by atomic mass is 16.5. The number of carbonyl (C=O) groups is 1. The van der Waals surface area contributed by atoms with E-state index in [0.29, 0.717) is 22.8 Å². The van der Waals surface area contributed by atoms with Gasteiger partial charge in [0.1, 0.15) is 0 Å². The minimum atomic E-state index is -0.145. The Hall–Kier alpha value is -3.21. The van der Waals surface area contributed by atoms with E-state index in [1.807, 2.05) is 30.5 Å². The van der Waals surface area contributed by atoms with Crippen molar-refractivity contribution >= 4 is 22.8 Å². The van der Waals surface area contributed by atoms with E-state index in [0.717, 1.165) is 16.5 Å². The topological polar surface area (TPSA) is 60.6 Å². The van der Waals surface area contributed by atoms with Crippen LogP contribution >= 0.6 is 0 Å². The van der Waals surface area contributed by atoms with Crippen LogP contribution in [0, 0.1) is 0 Å². The van der Waals surface area contributed by atoms with Crippen molar-refractivity contribution in [1.82, 2.24) is 4.98 Å². The number of aromatic nitrogens is 1. The van der Waals surface area contributed by atoms with E-state index in [4.69, 9.17) is 14.2 Å². The molecule has 0 aliphatic rings. The largest absolute Gasteiger partial charge is 0.493 e. The number of H-pyrrole nitrogens is 1. The first kappa shape index (κ1) is 16.6. The van der Waals surface area contributed by atoms with Crippen molar-refractivity contribution in [3.8, 4) is 17.2 Å². The molecule has 0 spiro atoms. The first-order valence-electron chi connectivity index (χ1n) is 7.76. The van der Waals surface area contributed by atoms with Gasteiger partial charge in [0.15, 0.2) is 17.3 Å². The van der Waals surface area contributed by atoms with Crippen LogP contribution in [-0.2, 0) is 0 Å². The fraction of sp³-hybridized carbons (Fsp3) is 0.150. The Morgan fingerprint density at radius 2 is 1.68 bits per heavy atom. The molecule has 0 aliphatic carbocycles. The molecule has 0 saturated carbocycles. The molecule has 5 heteroatoms. The molecule has 2 aromatic carbocycles. The summed E-state index contributed by atoms with van der Waals surface area (Å²) < 4.78 is 15.8. The molecule has 3 rings (SSSR count). The van der Waals surface area contributed by atoms with E-state index in [-0.39, 0.29) is 5.78 Å². The average molecular weight is 337 g/mol. The molecule has 0 fully saturated rings. The van der Waals surface area contributed by atoms with E-state index in [2.05, 4.69) is 4.98 Å². The van der Waals surface area contributed by atoms with Crippen LogP contribution in [0.25, 0.3) is 17.0 Å². The van der Waals surface area contributed by atoms with Gasteiger partial charge in [0.25, 0.3) is 0 Å². The van der Waals surface area contributed by atoms with E-state index in [9.17, 15) is 4.79 Å². The summed E-state index contributed by atoms with van der Waals surface area (Å²) in [7, 11) is 4.57. The minimum Gasteiger partial charge on any atom is -0.493 e. The Kier molecular flexibility index (Phi) is 4.75. The number of allylic oxidation sites excluding steroid dienone is 1. The molecule has 0 unspecified atom stereocenters. The number of ether oxygens (including phenoxy) is 3. The van der Waals surface area contributed by atoms with Gasteiger partial charge in [-0.3, -0.25) is 4.79 Å². The van der Waals surface area contributed by atoms with Gasteiger partial charge in [-0.25, -0.2) is 0 Å². The number of nitrogens with one attached hydrogen (secondary N) is 1. The van der Waals surface area contributed by atoms with Gasteiger partial charge < -0.3 is 19.2 Å². The summed E-state index contributed by atoms with van der Waals surface area (Å²) in [5.41, 5.74) is 2.48. The summed E-state index contributed by atoms with van der Waals surface area (Å²) in [5.74, 6) is 1.22. The fourth-order valence-electron chi connectivity index (χ4n) is 2.67. The van der Waals surface area contributed by atoms with E-state index < -0.39 is 0 Å². The van der Waals surface area contributed by atoms with Crippen molar-refractivity contribution in [2.24, 2.45) is 0 Å².